The molecule has 0 saturated carbocycles. The van der Waals surface area contributed by atoms with Crippen molar-refractivity contribution >= 4 is 23.4 Å². The van der Waals surface area contributed by atoms with E-state index in [1.54, 1.807) is 12.1 Å². The number of aromatic nitrogens is 3. The maximum Gasteiger partial charge on any atom is 0.354 e. The Balaban J connectivity index is 2.02. The molecule has 0 spiro atoms. The van der Waals surface area contributed by atoms with Crippen molar-refractivity contribution in [2.24, 2.45) is 0 Å². The van der Waals surface area contributed by atoms with Crippen LogP contribution in [0.1, 0.15) is 10.4 Å². The van der Waals surface area contributed by atoms with E-state index < -0.39 is 4.92 Å². The summed E-state index contributed by atoms with van der Waals surface area (Å²) >= 11 is 1.03. The van der Waals surface area contributed by atoms with Gasteiger partial charge in [-0.25, -0.2) is 9.97 Å². The molecule has 2 rings (SSSR count). The second-order valence-electron chi connectivity index (χ2n) is 3.26. The highest BCUT2D eigenvalue weighted by molar-refractivity contribution is 8.00. The summed E-state index contributed by atoms with van der Waals surface area (Å²) in [5, 5.41) is 10.8. The van der Waals surface area contributed by atoms with E-state index in [1.165, 1.54) is 18.7 Å². The molecule has 2 aromatic rings. The predicted molar refractivity (Wildman–Crippen MR) is 64.5 cm³/mol. The van der Waals surface area contributed by atoms with Gasteiger partial charge in [-0.15, -0.1) is 0 Å². The quantitative estimate of drug-likeness (QED) is 0.381. The topological polar surface area (TPSA) is 102 Å². The first-order chi connectivity index (χ1) is 8.68. The van der Waals surface area contributed by atoms with Crippen LogP contribution in [0.15, 0.2) is 35.9 Å². The summed E-state index contributed by atoms with van der Waals surface area (Å²) in [4.78, 5) is 31.9. The minimum absolute atomic E-state index is 0.0930. The molecule has 0 saturated heterocycles. The molecule has 92 valence electrons. The number of pyridine rings is 1. The van der Waals surface area contributed by atoms with Gasteiger partial charge in [0.25, 0.3) is 0 Å². The van der Waals surface area contributed by atoms with Crippen LogP contribution in [-0.2, 0) is 0 Å². The Morgan fingerprint density at radius 1 is 1.44 bits per heavy atom. The van der Waals surface area contributed by atoms with Crippen LogP contribution < -0.4 is 0 Å². The predicted octanol–water partition coefficient (Wildman–Crippen LogP) is 1.69. The number of thioether (sulfide) groups is 1. The molecule has 0 atom stereocenters. The van der Waals surface area contributed by atoms with Gasteiger partial charge in [-0.2, -0.15) is 0 Å². The van der Waals surface area contributed by atoms with Gasteiger partial charge in [-0.05, 0) is 17.1 Å². The van der Waals surface area contributed by atoms with Crippen LogP contribution in [0, 0.1) is 10.1 Å². The van der Waals surface area contributed by atoms with E-state index in [-0.39, 0.29) is 22.4 Å². The van der Waals surface area contributed by atoms with Gasteiger partial charge in [-0.1, -0.05) is 11.8 Å². The lowest BCUT2D eigenvalue weighted by Gasteiger charge is -1.99. The van der Waals surface area contributed by atoms with E-state index in [4.69, 9.17) is 0 Å². The summed E-state index contributed by atoms with van der Waals surface area (Å²) < 4.78 is 0. The number of ketones is 1. The van der Waals surface area contributed by atoms with Crippen molar-refractivity contribution < 1.29 is 9.72 Å². The van der Waals surface area contributed by atoms with Crippen molar-refractivity contribution in [1.29, 1.82) is 0 Å². The lowest BCUT2D eigenvalue weighted by atomic mass is 10.2. The first kappa shape index (κ1) is 12.2. The fourth-order valence-electron chi connectivity index (χ4n) is 1.27. The average molecular weight is 264 g/mol. The molecule has 0 aliphatic carbocycles. The molecule has 0 aliphatic heterocycles. The Bertz CT molecular complexity index is 570. The van der Waals surface area contributed by atoms with Crippen LogP contribution in [0.4, 0.5) is 5.82 Å². The first-order valence-electron chi connectivity index (χ1n) is 4.92. The van der Waals surface area contributed by atoms with Gasteiger partial charge in [0, 0.05) is 18.0 Å². The molecule has 0 amide bonds. The van der Waals surface area contributed by atoms with Gasteiger partial charge in [0.05, 0.1) is 5.75 Å². The number of imidazole rings is 1. The minimum atomic E-state index is -0.563. The van der Waals surface area contributed by atoms with Crippen molar-refractivity contribution in [1.82, 2.24) is 15.0 Å². The maximum atomic E-state index is 11.8. The molecule has 18 heavy (non-hydrogen) atoms. The molecule has 2 aromatic heterocycles. The van der Waals surface area contributed by atoms with E-state index in [0.717, 1.165) is 11.8 Å². The lowest BCUT2D eigenvalue weighted by molar-refractivity contribution is -0.392. The molecular weight excluding hydrogens is 256 g/mol. The van der Waals surface area contributed by atoms with E-state index in [0.29, 0.717) is 5.56 Å². The number of rotatable bonds is 5. The number of H-pyrrole nitrogens is 1. The number of carbonyl (C=O) groups excluding carboxylic acids is 1. The molecule has 0 fully saturated rings. The zero-order valence-corrected chi connectivity index (χ0v) is 9.88. The van der Waals surface area contributed by atoms with Crippen LogP contribution in [0.3, 0.4) is 0 Å². The number of Topliss-reactive ketones (excluding diaryl/α,β-unsaturated/α-hetero) is 1. The summed E-state index contributed by atoms with van der Waals surface area (Å²) in [6, 6.07) is 3.20. The summed E-state index contributed by atoms with van der Waals surface area (Å²) in [6.45, 7) is 0. The number of nitrogens with one attached hydrogen (secondary N) is 1. The Morgan fingerprint density at radius 3 is 2.83 bits per heavy atom. The Hall–Kier alpha value is -2.22. The molecule has 0 aromatic carbocycles. The van der Waals surface area contributed by atoms with E-state index in [1.807, 2.05) is 0 Å². The largest absolute Gasteiger partial charge is 0.358 e. The highest BCUT2D eigenvalue weighted by atomic mass is 32.2. The van der Waals surface area contributed by atoms with Crippen molar-refractivity contribution in [2.45, 2.75) is 5.03 Å². The second-order valence-corrected chi connectivity index (χ2v) is 4.23. The maximum absolute atomic E-state index is 11.8. The zero-order valence-electron chi connectivity index (χ0n) is 9.07. The average Bonchev–Trinajstić information content (AvgIpc) is 2.85. The fourth-order valence-corrected chi connectivity index (χ4v) is 2.10. The molecule has 1 N–H and O–H groups in total. The van der Waals surface area contributed by atoms with Gasteiger partial charge >= 0.3 is 5.82 Å². The first-order valence-corrected chi connectivity index (χ1v) is 5.91. The highest BCUT2D eigenvalue weighted by Crippen LogP contribution is 2.25. The summed E-state index contributed by atoms with van der Waals surface area (Å²) in [6.07, 6.45) is 4.28. The van der Waals surface area contributed by atoms with Crippen LogP contribution in [0.25, 0.3) is 0 Å². The second kappa shape index (κ2) is 5.41. The zero-order chi connectivity index (χ0) is 13.0. The minimum Gasteiger partial charge on any atom is -0.358 e. The number of nitro groups is 1. The summed E-state index contributed by atoms with van der Waals surface area (Å²) in [7, 11) is 0. The normalized spacial score (nSPS) is 10.2. The Labute approximate surface area is 106 Å². The van der Waals surface area contributed by atoms with Gasteiger partial charge in [0.1, 0.15) is 0 Å². The molecule has 0 radical (unpaired) electrons. The number of carbonyl (C=O) groups is 1. The summed E-state index contributed by atoms with van der Waals surface area (Å²) in [5.74, 6) is -0.224. The molecule has 8 heteroatoms. The monoisotopic (exact) mass is 264 g/mol. The van der Waals surface area contributed by atoms with Crippen LogP contribution in [-0.4, -0.2) is 31.4 Å². The third kappa shape index (κ3) is 2.72. The number of hydrogen-bond acceptors (Lipinski definition) is 6. The van der Waals surface area contributed by atoms with Crippen LogP contribution in [0.5, 0.6) is 0 Å². The van der Waals surface area contributed by atoms with Crippen molar-refractivity contribution in [3.05, 3.63) is 46.5 Å². The molecule has 0 aliphatic rings. The Kier molecular flexibility index (Phi) is 3.68. The molecular formula is C10H8N4O3S. The molecule has 2 heterocycles. The van der Waals surface area contributed by atoms with Gasteiger partial charge < -0.3 is 10.1 Å². The molecule has 0 unspecified atom stereocenters. The number of hydrogen-bond donors (Lipinski definition) is 1. The van der Waals surface area contributed by atoms with Gasteiger partial charge in [0.2, 0.25) is 0 Å². The highest BCUT2D eigenvalue weighted by Gasteiger charge is 2.17. The third-order valence-corrected chi connectivity index (χ3v) is 3.09. The van der Waals surface area contributed by atoms with Gasteiger partial charge in [0.15, 0.2) is 17.1 Å². The molecule has 7 nitrogen and oxygen atoms in total. The molecule has 0 bridgehead atoms. The SMILES string of the molecule is O=C(CSc1nc[nH]c1[N+](=O)[O-])c1ccncc1. The van der Waals surface area contributed by atoms with E-state index in [2.05, 4.69) is 15.0 Å². The van der Waals surface area contributed by atoms with E-state index >= 15 is 0 Å². The van der Waals surface area contributed by atoms with Crippen molar-refractivity contribution in [2.75, 3.05) is 5.75 Å². The fraction of sp³-hybridized carbons (Fsp3) is 0.100. The standard InChI is InChI=1S/C10H8N4O3S/c15-8(7-1-3-11-4-2-7)5-18-10-9(14(16)17)12-6-13-10/h1-4,6H,5H2,(H,12,13). The number of aromatic amines is 1. The van der Waals surface area contributed by atoms with E-state index in [9.17, 15) is 14.9 Å². The lowest BCUT2D eigenvalue weighted by Crippen LogP contribution is -2.02. The van der Waals surface area contributed by atoms with Crippen LogP contribution >= 0.6 is 11.8 Å². The Morgan fingerprint density at radius 2 is 2.17 bits per heavy atom. The number of nitrogens with zero attached hydrogens (tertiary/aromatic N) is 3. The smallest absolute Gasteiger partial charge is 0.354 e. The summed E-state index contributed by atoms with van der Waals surface area (Å²) in [5.41, 5.74) is 0.524. The van der Waals surface area contributed by atoms with Crippen LogP contribution in [0.2, 0.25) is 0 Å². The van der Waals surface area contributed by atoms with Crippen molar-refractivity contribution in [3.63, 3.8) is 0 Å². The van der Waals surface area contributed by atoms with Crippen molar-refractivity contribution in [3.8, 4) is 0 Å². The third-order valence-electron chi connectivity index (χ3n) is 2.11. The van der Waals surface area contributed by atoms with Gasteiger partial charge in [-0.3, -0.25) is 9.78 Å².